The molecule has 1 aliphatic heterocycles. The SMILES string of the molecule is COc1ccc([C@H]2C3=C(N=c4s/c(=C/c5cc(Br)c(OCc6ccccc6Cl)c(Br)c5)c(=O)n42)c2ccccc2CC3)cc1OC. The molecule has 1 aromatic heterocycles. The fourth-order valence-electron chi connectivity index (χ4n) is 6.06. The number of nitrogens with zero attached hydrogens (tertiary/aromatic N) is 2. The zero-order valence-corrected chi connectivity index (χ0v) is 29.6. The Morgan fingerprint density at radius 2 is 1.70 bits per heavy atom. The lowest BCUT2D eigenvalue weighted by atomic mass is 9.83. The Balaban J connectivity index is 1.33. The zero-order valence-electron chi connectivity index (χ0n) is 24.9. The third-order valence-corrected chi connectivity index (χ3v) is 10.8. The molecule has 0 unspecified atom stereocenters. The molecule has 1 aliphatic carbocycles. The lowest BCUT2D eigenvalue weighted by molar-refractivity contribution is 0.302. The molecule has 0 fully saturated rings. The van der Waals surface area contributed by atoms with Gasteiger partial charge in [-0.1, -0.05) is 71.5 Å². The third-order valence-electron chi connectivity index (χ3n) is 8.24. The summed E-state index contributed by atoms with van der Waals surface area (Å²) in [5.74, 6) is 1.90. The number of benzene rings is 4. The van der Waals surface area contributed by atoms with Crippen LogP contribution in [0.15, 0.2) is 103 Å². The summed E-state index contributed by atoms with van der Waals surface area (Å²) >= 11 is 15.0. The molecule has 0 N–H and O–H groups in total. The van der Waals surface area contributed by atoms with Crippen LogP contribution in [0.5, 0.6) is 17.2 Å². The van der Waals surface area contributed by atoms with E-state index in [1.54, 1.807) is 14.2 Å². The molecule has 0 amide bonds. The van der Waals surface area contributed by atoms with Crippen molar-refractivity contribution in [1.29, 1.82) is 0 Å². The summed E-state index contributed by atoms with van der Waals surface area (Å²) in [4.78, 5) is 20.1. The average molecular weight is 779 g/mol. The van der Waals surface area contributed by atoms with Gasteiger partial charge in [-0.2, -0.15) is 0 Å². The molecular formula is C36H27Br2ClN2O4S. The highest BCUT2D eigenvalue weighted by molar-refractivity contribution is 9.11. The molecule has 0 saturated carbocycles. The smallest absolute Gasteiger partial charge is 0.271 e. The summed E-state index contributed by atoms with van der Waals surface area (Å²) in [6.45, 7) is 0.318. The van der Waals surface area contributed by atoms with E-state index in [0.29, 0.717) is 38.2 Å². The molecule has 0 saturated heterocycles. The summed E-state index contributed by atoms with van der Waals surface area (Å²) in [5, 5.41) is 0.651. The van der Waals surface area contributed by atoms with E-state index in [0.717, 1.165) is 55.3 Å². The van der Waals surface area contributed by atoms with E-state index >= 15 is 0 Å². The maximum absolute atomic E-state index is 14.3. The van der Waals surface area contributed by atoms with Crippen LogP contribution >= 0.6 is 54.8 Å². The van der Waals surface area contributed by atoms with E-state index in [-0.39, 0.29) is 11.6 Å². The lowest BCUT2D eigenvalue weighted by Crippen LogP contribution is -2.38. The van der Waals surface area contributed by atoms with Gasteiger partial charge in [-0.05, 0) is 103 Å². The van der Waals surface area contributed by atoms with Gasteiger partial charge in [0.05, 0.1) is 39.4 Å². The van der Waals surface area contributed by atoms with Gasteiger partial charge >= 0.3 is 0 Å². The van der Waals surface area contributed by atoms with Crippen molar-refractivity contribution >= 4 is 66.6 Å². The van der Waals surface area contributed by atoms with Gasteiger partial charge in [-0.15, -0.1) is 0 Å². The van der Waals surface area contributed by atoms with Crippen LogP contribution in [0.25, 0.3) is 11.8 Å². The molecule has 2 heterocycles. The molecule has 6 nitrogen and oxygen atoms in total. The normalized spacial score (nSPS) is 15.5. The molecule has 1 atom stereocenters. The van der Waals surface area contributed by atoms with Gasteiger partial charge in [0, 0.05) is 16.1 Å². The van der Waals surface area contributed by atoms with Gasteiger partial charge in [-0.3, -0.25) is 9.36 Å². The van der Waals surface area contributed by atoms with E-state index < -0.39 is 0 Å². The quantitative estimate of drug-likeness (QED) is 0.168. The summed E-state index contributed by atoms with van der Waals surface area (Å²) in [5.41, 5.74) is 7.02. The number of ether oxygens (including phenoxy) is 3. The molecule has 4 aromatic carbocycles. The first-order chi connectivity index (χ1) is 22.4. The van der Waals surface area contributed by atoms with Crippen molar-refractivity contribution in [1.82, 2.24) is 4.57 Å². The van der Waals surface area contributed by atoms with Crippen LogP contribution in [-0.2, 0) is 13.0 Å². The largest absolute Gasteiger partial charge is 0.493 e. The first kappa shape index (κ1) is 31.0. The Kier molecular flexibility index (Phi) is 8.67. The standard InChI is InChI=1S/C36H27Br2ClN2O4S/c1-43-29-14-12-22(18-30(29)44-2)33-25-13-11-21-7-3-5-9-24(21)32(25)40-36-41(33)35(42)31(46-36)17-20-15-26(37)34(27(38)16-20)45-19-23-8-4-6-10-28(23)39/h3-10,12,14-18,33H,11,13,19H2,1-2H3/b31-17+/t33-/m0/s1. The van der Waals surface area contributed by atoms with Crippen LogP contribution in [0, 0.1) is 0 Å². The first-order valence-electron chi connectivity index (χ1n) is 14.6. The van der Waals surface area contributed by atoms with Gasteiger partial charge in [0.25, 0.3) is 5.56 Å². The predicted molar refractivity (Wildman–Crippen MR) is 190 cm³/mol. The van der Waals surface area contributed by atoms with Crippen molar-refractivity contribution in [2.45, 2.75) is 25.5 Å². The minimum Gasteiger partial charge on any atom is -0.493 e. The summed E-state index contributed by atoms with van der Waals surface area (Å²) in [6.07, 6.45) is 3.58. The average Bonchev–Trinajstić information content (AvgIpc) is 3.37. The summed E-state index contributed by atoms with van der Waals surface area (Å²) < 4.78 is 21.2. The molecule has 5 aromatic rings. The maximum atomic E-state index is 14.3. The van der Waals surface area contributed by atoms with E-state index in [4.69, 9.17) is 30.8 Å². The fourth-order valence-corrected chi connectivity index (χ4v) is 8.70. The Hall–Kier alpha value is -3.63. The summed E-state index contributed by atoms with van der Waals surface area (Å²) in [6, 6.07) is 25.4. The molecule has 10 heteroatoms. The highest BCUT2D eigenvalue weighted by Crippen LogP contribution is 2.43. The molecule has 46 heavy (non-hydrogen) atoms. The topological polar surface area (TPSA) is 62.0 Å². The fraction of sp³-hybridized carbons (Fsp3) is 0.167. The number of fused-ring (bicyclic) bond motifs is 3. The van der Waals surface area contributed by atoms with Gasteiger partial charge in [0.1, 0.15) is 12.4 Å². The molecule has 0 radical (unpaired) electrons. The van der Waals surface area contributed by atoms with Crippen LogP contribution in [0.3, 0.4) is 0 Å². The number of rotatable bonds is 7. The Morgan fingerprint density at radius 3 is 2.46 bits per heavy atom. The molecule has 7 rings (SSSR count). The summed E-state index contributed by atoms with van der Waals surface area (Å²) in [7, 11) is 3.24. The highest BCUT2D eigenvalue weighted by Gasteiger charge is 2.33. The van der Waals surface area contributed by atoms with E-state index in [1.165, 1.54) is 16.9 Å². The van der Waals surface area contributed by atoms with Crippen molar-refractivity contribution in [2.24, 2.45) is 4.99 Å². The highest BCUT2D eigenvalue weighted by atomic mass is 79.9. The first-order valence-corrected chi connectivity index (χ1v) is 17.3. The number of hydrogen-bond acceptors (Lipinski definition) is 6. The van der Waals surface area contributed by atoms with Crippen molar-refractivity contribution in [3.8, 4) is 17.2 Å². The lowest BCUT2D eigenvalue weighted by Gasteiger charge is -2.31. The van der Waals surface area contributed by atoms with E-state index in [2.05, 4.69) is 50.1 Å². The van der Waals surface area contributed by atoms with Crippen LogP contribution in [-0.4, -0.2) is 18.8 Å². The van der Waals surface area contributed by atoms with Crippen LogP contribution in [0.4, 0.5) is 0 Å². The number of aromatic nitrogens is 1. The van der Waals surface area contributed by atoms with Crippen molar-refractivity contribution in [2.75, 3.05) is 14.2 Å². The second-order valence-electron chi connectivity index (χ2n) is 10.9. The van der Waals surface area contributed by atoms with Gasteiger partial charge in [0.2, 0.25) is 0 Å². The van der Waals surface area contributed by atoms with Crippen LogP contribution in [0.1, 0.15) is 40.3 Å². The second kappa shape index (κ2) is 12.9. The van der Waals surface area contributed by atoms with E-state index in [1.807, 2.05) is 71.3 Å². The number of thiazole rings is 1. The minimum absolute atomic E-state index is 0.0970. The predicted octanol–water partition coefficient (Wildman–Crippen LogP) is 8.09. The van der Waals surface area contributed by atoms with Crippen LogP contribution in [0.2, 0.25) is 5.02 Å². The number of aryl methyl sites for hydroxylation is 1. The number of hydrogen-bond donors (Lipinski definition) is 0. The van der Waals surface area contributed by atoms with Crippen LogP contribution < -0.4 is 29.1 Å². The Morgan fingerprint density at radius 1 is 0.957 bits per heavy atom. The molecule has 232 valence electrons. The minimum atomic E-state index is -0.333. The molecular weight excluding hydrogens is 752 g/mol. The Bertz CT molecular complexity index is 2200. The maximum Gasteiger partial charge on any atom is 0.271 e. The monoisotopic (exact) mass is 776 g/mol. The second-order valence-corrected chi connectivity index (χ2v) is 14.0. The Labute approximate surface area is 291 Å². The van der Waals surface area contributed by atoms with Gasteiger partial charge in [-0.25, -0.2) is 4.99 Å². The molecule has 0 spiro atoms. The molecule has 0 bridgehead atoms. The van der Waals surface area contributed by atoms with Crippen molar-refractivity contribution in [3.63, 3.8) is 0 Å². The van der Waals surface area contributed by atoms with E-state index in [9.17, 15) is 4.79 Å². The number of halogens is 3. The van der Waals surface area contributed by atoms with Gasteiger partial charge < -0.3 is 14.2 Å². The van der Waals surface area contributed by atoms with Gasteiger partial charge in [0.15, 0.2) is 16.3 Å². The number of methoxy groups -OCH3 is 2. The molecule has 2 aliphatic rings. The third kappa shape index (κ3) is 5.64. The number of allylic oxidation sites excluding steroid dienone is 1. The van der Waals surface area contributed by atoms with Crippen molar-refractivity contribution < 1.29 is 14.2 Å². The van der Waals surface area contributed by atoms with Crippen molar-refractivity contribution in [3.05, 3.63) is 146 Å². The zero-order chi connectivity index (χ0) is 31.9.